The Morgan fingerprint density at radius 3 is 2.50 bits per heavy atom. The van der Waals surface area contributed by atoms with Crippen LogP contribution in [0.3, 0.4) is 0 Å². The molecule has 3 rings (SSSR count). The van der Waals surface area contributed by atoms with Crippen LogP contribution in [0.1, 0.15) is 5.56 Å². The number of amides is 1. The molecule has 168 valence electrons. The highest BCUT2D eigenvalue weighted by molar-refractivity contribution is 7.98. The zero-order valence-corrected chi connectivity index (χ0v) is 19.9. The zero-order valence-electron chi connectivity index (χ0n) is 17.5. The lowest BCUT2D eigenvalue weighted by atomic mass is 10.1. The van der Waals surface area contributed by atoms with E-state index in [1.807, 2.05) is 54.8 Å². The quantitative estimate of drug-likeness (QED) is 0.428. The van der Waals surface area contributed by atoms with Crippen LogP contribution in [-0.2, 0) is 21.2 Å². The molecule has 0 aliphatic heterocycles. The summed E-state index contributed by atoms with van der Waals surface area (Å²) in [5, 5.41) is 3.05. The van der Waals surface area contributed by atoms with Crippen LogP contribution in [0.15, 0.2) is 82.6 Å². The summed E-state index contributed by atoms with van der Waals surface area (Å²) >= 11 is 7.56. The summed E-state index contributed by atoms with van der Waals surface area (Å²) in [5.74, 6) is -0.342. The fourth-order valence-corrected chi connectivity index (χ4v) is 5.17. The monoisotopic (exact) mass is 490 g/mol. The maximum Gasteiger partial charge on any atom is 0.245 e. The summed E-state index contributed by atoms with van der Waals surface area (Å²) in [6.45, 7) is 0. The minimum absolute atomic E-state index is 0.133. The summed E-state index contributed by atoms with van der Waals surface area (Å²) in [6.07, 6.45) is 2.10. The van der Waals surface area contributed by atoms with Crippen LogP contribution in [0.5, 0.6) is 5.75 Å². The van der Waals surface area contributed by atoms with Gasteiger partial charge in [-0.2, -0.15) is 4.72 Å². The van der Waals surface area contributed by atoms with Crippen molar-refractivity contribution >= 4 is 45.0 Å². The maximum absolute atomic E-state index is 13.2. The summed E-state index contributed by atoms with van der Waals surface area (Å²) < 4.78 is 34.1. The van der Waals surface area contributed by atoms with Gasteiger partial charge in [0, 0.05) is 15.6 Å². The molecule has 0 fully saturated rings. The minimum Gasteiger partial charge on any atom is -0.495 e. The van der Waals surface area contributed by atoms with Gasteiger partial charge in [0.05, 0.1) is 7.11 Å². The molecule has 0 heterocycles. The van der Waals surface area contributed by atoms with Crippen molar-refractivity contribution in [1.29, 1.82) is 0 Å². The highest BCUT2D eigenvalue weighted by atomic mass is 35.5. The van der Waals surface area contributed by atoms with Crippen molar-refractivity contribution in [3.8, 4) is 5.75 Å². The second kappa shape index (κ2) is 10.9. The lowest BCUT2D eigenvalue weighted by Gasteiger charge is -2.20. The van der Waals surface area contributed by atoms with Gasteiger partial charge in [-0.15, -0.1) is 11.8 Å². The number of carbonyl (C=O) groups excluding carboxylic acids is 1. The van der Waals surface area contributed by atoms with Crippen LogP contribution < -0.4 is 14.8 Å². The average molecular weight is 491 g/mol. The lowest BCUT2D eigenvalue weighted by molar-refractivity contribution is -0.117. The minimum atomic E-state index is -4.12. The number of rotatable bonds is 9. The third kappa shape index (κ3) is 6.26. The third-order valence-electron chi connectivity index (χ3n) is 4.65. The Labute approximate surface area is 197 Å². The molecule has 0 aliphatic rings. The van der Waals surface area contributed by atoms with E-state index in [-0.39, 0.29) is 22.1 Å². The van der Waals surface area contributed by atoms with Gasteiger partial charge in [-0.1, -0.05) is 48.0 Å². The number of thioether (sulfide) groups is 1. The molecule has 0 radical (unpaired) electrons. The molecule has 0 saturated carbocycles. The van der Waals surface area contributed by atoms with Crippen molar-refractivity contribution in [3.05, 3.63) is 83.4 Å². The van der Waals surface area contributed by atoms with Gasteiger partial charge < -0.3 is 10.1 Å². The summed E-state index contributed by atoms with van der Waals surface area (Å²) in [7, 11) is -2.75. The van der Waals surface area contributed by atoms with Crippen molar-refractivity contribution in [2.24, 2.45) is 0 Å². The maximum atomic E-state index is 13.2. The van der Waals surface area contributed by atoms with E-state index in [1.165, 1.54) is 25.3 Å². The number of nitrogens with one attached hydrogen (secondary N) is 2. The number of hydrogen-bond donors (Lipinski definition) is 2. The number of anilines is 1. The molecule has 1 atom stereocenters. The normalized spacial score (nSPS) is 12.2. The first-order valence-corrected chi connectivity index (χ1v) is 12.8. The standard InChI is InChI=1S/C23H23ClN2O4S2/c1-30-21-12-11-17(24)14-22(21)32(28,29)26-20(13-16-7-4-3-5-8-16)23(27)25-18-9-6-10-19(15-18)31-2/h3-12,14-15,20,26H,13H2,1-2H3,(H,25,27). The molecule has 9 heteroatoms. The Morgan fingerprint density at radius 1 is 1.06 bits per heavy atom. The van der Waals surface area contributed by atoms with Gasteiger partial charge in [-0.05, 0) is 54.6 Å². The molecule has 0 saturated heterocycles. The van der Waals surface area contributed by atoms with E-state index < -0.39 is 22.0 Å². The molecular weight excluding hydrogens is 468 g/mol. The predicted octanol–water partition coefficient (Wildman–Crippen LogP) is 4.60. The van der Waals surface area contributed by atoms with Crippen LogP contribution in [0.4, 0.5) is 5.69 Å². The fourth-order valence-electron chi connectivity index (χ4n) is 3.08. The Hall–Kier alpha value is -2.52. The molecule has 0 aliphatic carbocycles. The van der Waals surface area contributed by atoms with E-state index in [4.69, 9.17) is 16.3 Å². The molecule has 3 aromatic rings. The van der Waals surface area contributed by atoms with Crippen molar-refractivity contribution < 1.29 is 17.9 Å². The smallest absolute Gasteiger partial charge is 0.245 e. The van der Waals surface area contributed by atoms with E-state index in [0.29, 0.717) is 5.69 Å². The van der Waals surface area contributed by atoms with Crippen molar-refractivity contribution in [3.63, 3.8) is 0 Å². The molecule has 0 bridgehead atoms. The van der Waals surface area contributed by atoms with E-state index in [0.717, 1.165) is 10.5 Å². The first-order valence-electron chi connectivity index (χ1n) is 9.67. The zero-order chi connectivity index (χ0) is 23.1. The number of sulfonamides is 1. The van der Waals surface area contributed by atoms with E-state index >= 15 is 0 Å². The number of carbonyl (C=O) groups is 1. The van der Waals surface area contributed by atoms with Crippen LogP contribution >= 0.6 is 23.4 Å². The number of benzene rings is 3. The molecule has 1 amide bonds. The highest BCUT2D eigenvalue weighted by Gasteiger charge is 2.28. The molecule has 2 N–H and O–H groups in total. The van der Waals surface area contributed by atoms with Crippen LogP contribution in [0, 0.1) is 0 Å². The second-order valence-corrected chi connectivity index (χ2v) is 9.88. The molecule has 1 unspecified atom stereocenters. The third-order valence-corrected chi connectivity index (χ3v) is 7.10. The van der Waals surface area contributed by atoms with Gasteiger partial charge >= 0.3 is 0 Å². The summed E-state index contributed by atoms with van der Waals surface area (Å²) in [5.41, 5.74) is 1.39. The number of methoxy groups -OCH3 is 1. The first kappa shape index (κ1) is 24.1. The lowest BCUT2D eigenvalue weighted by Crippen LogP contribution is -2.45. The van der Waals surface area contributed by atoms with Crippen molar-refractivity contribution in [1.82, 2.24) is 4.72 Å². The number of ether oxygens (including phenoxy) is 1. The number of hydrogen-bond acceptors (Lipinski definition) is 5. The summed E-state index contributed by atoms with van der Waals surface area (Å²) in [6, 6.07) is 19.8. The molecular formula is C23H23ClN2O4S2. The van der Waals surface area contributed by atoms with Crippen molar-refractivity contribution in [2.75, 3.05) is 18.7 Å². The second-order valence-electron chi connectivity index (χ2n) is 6.88. The average Bonchev–Trinajstić information content (AvgIpc) is 2.79. The highest BCUT2D eigenvalue weighted by Crippen LogP contribution is 2.27. The topological polar surface area (TPSA) is 84.5 Å². The Balaban J connectivity index is 1.92. The fraction of sp³-hybridized carbons (Fsp3) is 0.174. The molecule has 0 spiro atoms. The Bertz CT molecular complexity index is 1190. The summed E-state index contributed by atoms with van der Waals surface area (Å²) in [4.78, 5) is 14.0. The van der Waals surface area contributed by atoms with Gasteiger partial charge in [0.25, 0.3) is 0 Å². The molecule has 0 aromatic heterocycles. The molecule has 32 heavy (non-hydrogen) atoms. The van der Waals surface area contributed by atoms with Gasteiger partial charge in [-0.3, -0.25) is 4.79 Å². The van der Waals surface area contributed by atoms with E-state index in [2.05, 4.69) is 10.0 Å². The Morgan fingerprint density at radius 2 is 1.81 bits per heavy atom. The van der Waals surface area contributed by atoms with Gasteiger partial charge in [0.2, 0.25) is 15.9 Å². The van der Waals surface area contributed by atoms with Gasteiger partial charge in [0.1, 0.15) is 16.7 Å². The predicted molar refractivity (Wildman–Crippen MR) is 129 cm³/mol. The molecule has 6 nitrogen and oxygen atoms in total. The van der Waals surface area contributed by atoms with E-state index in [1.54, 1.807) is 17.8 Å². The SMILES string of the molecule is COc1ccc(Cl)cc1S(=O)(=O)NC(Cc1ccccc1)C(=O)Nc1cccc(SC)c1. The van der Waals surface area contributed by atoms with Gasteiger partial charge in [-0.25, -0.2) is 8.42 Å². The van der Waals surface area contributed by atoms with Crippen molar-refractivity contribution in [2.45, 2.75) is 22.3 Å². The number of halogens is 1. The largest absolute Gasteiger partial charge is 0.495 e. The van der Waals surface area contributed by atoms with Gasteiger partial charge in [0.15, 0.2) is 0 Å². The van der Waals surface area contributed by atoms with Crippen LogP contribution in [-0.4, -0.2) is 33.7 Å². The van der Waals surface area contributed by atoms with E-state index in [9.17, 15) is 13.2 Å². The van der Waals surface area contributed by atoms with Crippen LogP contribution in [0.25, 0.3) is 0 Å². The first-order chi connectivity index (χ1) is 15.3. The van der Waals surface area contributed by atoms with Crippen LogP contribution in [0.2, 0.25) is 5.02 Å². The molecule has 3 aromatic carbocycles. The Kier molecular flexibility index (Phi) is 8.20.